The first-order chi connectivity index (χ1) is 12.7. The number of phenolic OH excluding ortho intramolecular Hbond substituents is 1. The summed E-state index contributed by atoms with van der Waals surface area (Å²) in [7, 11) is -0.892. The van der Waals surface area contributed by atoms with Gasteiger partial charge in [-0.2, -0.15) is 0 Å². The molecule has 142 valence electrons. The van der Waals surface area contributed by atoms with E-state index in [2.05, 4.69) is 15.6 Å². The number of hydrogen-bond acceptors (Lipinski definition) is 6. The molecule has 0 radical (unpaired) electrons. The Morgan fingerprint density at radius 3 is 2.63 bits per heavy atom. The zero-order valence-corrected chi connectivity index (χ0v) is 15.9. The first-order valence-corrected chi connectivity index (χ1v) is 9.58. The molecule has 0 aliphatic carbocycles. The van der Waals surface area contributed by atoms with Gasteiger partial charge in [0.2, 0.25) is 10.0 Å². The largest absolute Gasteiger partial charge is 0.506 e. The van der Waals surface area contributed by atoms with Crippen molar-refractivity contribution in [1.82, 2.24) is 19.3 Å². The molecule has 2 aromatic carbocycles. The summed E-state index contributed by atoms with van der Waals surface area (Å²) in [6.45, 7) is 2.59. The van der Waals surface area contributed by atoms with Crippen molar-refractivity contribution < 1.29 is 18.3 Å². The van der Waals surface area contributed by atoms with Crippen LogP contribution in [0.5, 0.6) is 5.75 Å². The molecule has 0 spiro atoms. The smallest absolute Gasteiger partial charge is 0.255 e. The number of sulfonamides is 1. The van der Waals surface area contributed by atoms with Gasteiger partial charge in [-0.3, -0.25) is 4.79 Å². The number of aromatic hydroxyl groups is 1. The van der Waals surface area contributed by atoms with Gasteiger partial charge in [-0.25, -0.2) is 17.4 Å². The highest BCUT2D eigenvalue weighted by atomic mass is 32.2. The minimum Gasteiger partial charge on any atom is -0.506 e. The third kappa shape index (κ3) is 3.49. The topological polar surface area (TPSA) is 117 Å². The average molecular weight is 389 g/mol. The van der Waals surface area contributed by atoms with E-state index in [1.807, 2.05) is 6.92 Å². The number of nitrogens with one attached hydrogen (secondary N) is 1. The first-order valence-electron chi connectivity index (χ1n) is 8.14. The quantitative estimate of drug-likeness (QED) is 0.641. The Morgan fingerprint density at radius 1 is 1.22 bits per heavy atom. The lowest BCUT2D eigenvalue weighted by molar-refractivity contribution is 0.102. The van der Waals surface area contributed by atoms with Gasteiger partial charge in [-0.15, -0.1) is 5.10 Å². The minimum atomic E-state index is -3.70. The van der Waals surface area contributed by atoms with Gasteiger partial charge in [0, 0.05) is 26.2 Å². The van der Waals surface area contributed by atoms with Gasteiger partial charge in [0.15, 0.2) is 0 Å². The highest BCUT2D eigenvalue weighted by molar-refractivity contribution is 7.89. The molecule has 0 saturated heterocycles. The second kappa shape index (κ2) is 6.97. The number of nitrogens with zero attached hydrogens (tertiary/aromatic N) is 4. The number of rotatable bonds is 5. The van der Waals surface area contributed by atoms with E-state index in [0.29, 0.717) is 17.6 Å². The fraction of sp³-hybridized carbons (Fsp3) is 0.235. The molecule has 3 rings (SSSR count). The van der Waals surface area contributed by atoms with E-state index in [1.165, 1.54) is 32.3 Å². The predicted molar refractivity (Wildman–Crippen MR) is 100 cm³/mol. The Balaban J connectivity index is 1.92. The second-order valence-electron chi connectivity index (χ2n) is 6.03. The lowest BCUT2D eigenvalue weighted by Gasteiger charge is -2.13. The molecule has 1 amide bonds. The van der Waals surface area contributed by atoms with Gasteiger partial charge in [-0.05, 0) is 43.3 Å². The number of fused-ring (bicyclic) bond motifs is 1. The molecular weight excluding hydrogens is 370 g/mol. The van der Waals surface area contributed by atoms with Crippen molar-refractivity contribution in [1.29, 1.82) is 0 Å². The van der Waals surface area contributed by atoms with E-state index >= 15 is 0 Å². The molecular formula is C17H19N5O4S. The maximum Gasteiger partial charge on any atom is 0.255 e. The molecule has 0 unspecified atom stereocenters. The summed E-state index contributed by atoms with van der Waals surface area (Å²) in [6.07, 6.45) is 0. The van der Waals surface area contributed by atoms with Gasteiger partial charge in [0.1, 0.15) is 11.3 Å². The summed E-state index contributed by atoms with van der Waals surface area (Å²) in [5, 5.41) is 20.5. The maximum atomic E-state index is 12.5. The standard InChI is InChI=1S/C17H19N5O4S/c1-4-22-15-7-5-11(9-13(15)19-20-22)17(24)18-14-10-12(6-8-16(14)23)27(25,26)21(2)3/h5-10,23H,4H2,1-3H3,(H,18,24). The van der Waals surface area contributed by atoms with Gasteiger partial charge in [0.05, 0.1) is 16.1 Å². The molecule has 1 heterocycles. The molecule has 0 bridgehead atoms. The van der Waals surface area contributed by atoms with Crippen molar-refractivity contribution in [3.05, 3.63) is 42.0 Å². The lowest BCUT2D eigenvalue weighted by atomic mass is 10.1. The molecule has 0 fully saturated rings. The van der Waals surface area contributed by atoms with E-state index in [0.717, 1.165) is 9.82 Å². The van der Waals surface area contributed by atoms with Gasteiger partial charge in [0.25, 0.3) is 5.91 Å². The summed E-state index contributed by atoms with van der Waals surface area (Å²) >= 11 is 0. The van der Waals surface area contributed by atoms with Crippen LogP contribution in [0.1, 0.15) is 17.3 Å². The Labute approximate surface area is 156 Å². The Bertz CT molecular complexity index is 1120. The fourth-order valence-corrected chi connectivity index (χ4v) is 3.46. The molecule has 1 aromatic heterocycles. The van der Waals surface area contributed by atoms with Crippen LogP contribution in [0.25, 0.3) is 11.0 Å². The predicted octanol–water partition coefficient (Wildman–Crippen LogP) is 1.66. The number of amides is 1. The van der Waals surface area contributed by atoms with Gasteiger partial charge >= 0.3 is 0 Å². The van der Waals surface area contributed by atoms with E-state index in [1.54, 1.807) is 22.9 Å². The molecule has 0 atom stereocenters. The zero-order valence-electron chi connectivity index (χ0n) is 15.0. The average Bonchev–Trinajstić information content (AvgIpc) is 3.05. The van der Waals surface area contributed by atoms with Crippen molar-refractivity contribution in [2.45, 2.75) is 18.4 Å². The van der Waals surface area contributed by atoms with Crippen molar-refractivity contribution in [2.24, 2.45) is 0 Å². The summed E-state index contributed by atoms with van der Waals surface area (Å²) in [5.41, 5.74) is 1.68. The molecule has 9 nitrogen and oxygen atoms in total. The van der Waals surface area contributed by atoms with Crippen LogP contribution in [0.4, 0.5) is 5.69 Å². The number of aromatic nitrogens is 3. The number of aryl methyl sites for hydroxylation is 1. The lowest BCUT2D eigenvalue weighted by Crippen LogP contribution is -2.22. The first kappa shape index (κ1) is 18.8. The number of carbonyl (C=O) groups excluding carboxylic acids is 1. The van der Waals surface area contributed by atoms with E-state index in [-0.39, 0.29) is 16.3 Å². The Hall–Kier alpha value is -2.98. The summed E-state index contributed by atoms with van der Waals surface area (Å²) in [4.78, 5) is 12.5. The summed E-state index contributed by atoms with van der Waals surface area (Å²) < 4.78 is 27.2. The molecule has 0 aliphatic rings. The van der Waals surface area contributed by atoms with E-state index in [4.69, 9.17) is 0 Å². The number of carbonyl (C=O) groups is 1. The van der Waals surface area contributed by atoms with Crippen LogP contribution >= 0.6 is 0 Å². The van der Waals surface area contributed by atoms with E-state index < -0.39 is 15.9 Å². The van der Waals surface area contributed by atoms with Crippen molar-refractivity contribution in [3.63, 3.8) is 0 Å². The number of phenols is 1. The molecule has 3 aromatic rings. The Kier molecular flexibility index (Phi) is 4.85. The normalized spacial score (nSPS) is 11.9. The fourth-order valence-electron chi connectivity index (χ4n) is 2.53. The second-order valence-corrected chi connectivity index (χ2v) is 8.18. The minimum absolute atomic E-state index is 0.000217. The third-order valence-corrected chi connectivity index (χ3v) is 5.88. The number of anilines is 1. The van der Waals surface area contributed by atoms with Crippen LogP contribution in [0, 0.1) is 0 Å². The van der Waals surface area contributed by atoms with Gasteiger partial charge < -0.3 is 10.4 Å². The molecule has 10 heteroatoms. The maximum absolute atomic E-state index is 12.5. The molecule has 27 heavy (non-hydrogen) atoms. The van der Waals surface area contributed by atoms with Crippen LogP contribution in [0.15, 0.2) is 41.3 Å². The Morgan fingerprint density at radius 2 is 1.96 bits per heavy atom. The highest BCUT2D eigenvalue weighted by Crippen LogP contribution is 2.28. The van der Waals surface area contributed by atoms with Crippen LogP contribution in [0.2, 0.25) is 0 Å². The molecule has 0 aliphatic heterocycles. The summed E-state index contributed by atoms with van der Waals surface area (Å²) in [6, 6.07) is 8.65. The van der Waals surface area contributed by atoms with Crippen LogP contribution in [0.3, 0.4) is 0 Å². The monoisotopic (exact) mass is 389 g/mol. The van der Waals surface area contributed by atoms with Crippen LogP contribution in [-0.2, 0) is 16.6 Å². The third-order valence-electron chi connectivity index (χ3n) is 4.07. The highest BCUT2D eigenvalue weighted by Gasteiger charge is 2.20. The summed E-state index contributed by atoms with van der Waals surface area (Å²) in [5.74, 6) is -0.739. The van der Waals surface area contributed by atoms with Crippen molar-refractivity contribution in [3.8, 4) is 5.75 Å². The molecule has 0 saturated carbocycles. The van der Waals surface area contributed by atoms with Crippen molar-refractivity contribution >= 4 is 32.7 Å². The zero-order chi connectivity index (χ0) is 19.8. The van der Waals surface area contributed by atoms with Gasteiger partial charge in [-0.1, -0.05) is 5.21 Å². The van der Waals surface area contributed by atoms with Crippen LogP contribution in [-0.4, -0.2) is 52.8 Å². The molecule has 2 N–H and O–H groups in total. The van der Waals surface area contributed by atoms with Crippen molar-refractivity contribution in [2.75, 3.05) is 19.4 Å². The van der Waals surface area contributed by atoms with E-state index in [9.17, 15) is 18.3 Å². The number of hydrogen-bond donors (Lipinski definition) is 2. The van der Waals surface area contributed by atoms with Crippen LogP contribution < -0.4 is 5.32 Å². The number of benzene rings is 2. The SMILES string of the molecule is CCn1nnc2cc(C(=O)Nc3cc(S(=O)(=O)N(C)C)ccc3O)ccc21.